The molecule has 0 aliphatic rings. The molecule has 0 spiro atoms. The number of unbranched alkanes of at least 4 members (excludes halogenated alkanes) is 5. The number of carbonyl (C=O) groups excluding carboxylic acids is 1. The van der Waals surface area contributed by atoms with Gasteiger partial charge in [-0.05, 0) is 38.9 Å². The maximum Gasteiger partial charge on any atom is 0.305 e. The van der Waals surface area contributed by atoms with E-state index in [0.717, 1.165) is 38.9 Å². The fourth-order valence-corrected chi connectivity index (χ4v) is 2.11. The smallest absolute Gasteiger partial charge is 0.305 e. The molecule has 0 aliphatic heterocycles. The van der Waals surface area contributed by atoms with Gasteiger partial charge in [-0.15, -0.1) is 0 Å². The molecule has 3 heteroatoms. The molecule has 0 N–H and O–H groups in total. The van der Waals surface area contributed by atoms with Gasteiger partial charge >= 0.3 is 5.97 Å². The van der Waals surface area contributed by atoms with Crippen LogP contribution in [0, 0.1) is 0 Å². The molecule has 0 saturated heterocycles. The van der Waals surface area contributed by atoms with Crippen LogP contribution in [0.1, 0.15) is 72.1 Å². The predicted octanol–water partition coefficient (Wildman–Crippen LogP) is 4.01. The van der Waals surface area contributed by atoms with E-state index in [1.807, 2.05) is 0 Å². The molecule has 3 nitrogen and oxygen atoms in total. The Morgan fingerprint density at radius 1 is 0.895 bits per heavy atom. The van der Waals surface area contributed by atoms with Crippen molar-refractivity contribution in [1.29, 1.82) is 0 Å². The number of nitrogens with zero attached hydrogens (tertiary/aromatic N) is 1. The summed E-state index contributed by atoms with van der Waals surface area (Å²) in [6, 6.07) is 0. The summed E-state index contributed by atoms with van der Waals surface area (Å²) in [5.74, 6) is -0.0185. The average molecular weight is 271 g/mol. The molecule has 0 unspecified atom stereocenters. The Morgan fingerprint density at radius 2 is 1.58 bits per heavy atom. The first-order chi connectivity index (χ1) is 9.24. The largest absolute Gasteiger partial charge is 0.466 e. The summed E-state index contributed by atoms with van der Waals surface area (Å²) >= 11 is 0. The van der Waals surface area contributed by atoms with Crippen LogP contribution in [0.4, 0.5) is 0 Å². The quantitative estimate of drug-likeness (QED) is 0.374. The Bertz CT molecular complexity index is 203. The third-order valence-electron chi connectivity index (χ3n) is 3.51. The standard InChI is InChI=1S/C16H33NO2/c1-4-7-8-9-12-15-19-16(18)13-10-11-14-17(5-2)6-3/h4-15H2,1-3H3. The van der Waals surface area contributed by atoms with Crippen molar-refractivity contribution in [3.63, 3.8) is 0 Å². The van der Waals surface area contributed by atoms with Crippen LogP contribution in [0.3, 0.4) is 0 Å². The van der Waals surface area contributed by atoms with Crippen molar-refractivity contribution in [2.75, 3.05) is 26.2 Å². The van der Waals surface area contributed by atoms with Crippen LogP contribution in [-0.2, 0) is 9.53 Å². The fourth-order valence-electron chi connectivity index (χ4n) is 2.11. The zero-order valence-electron chi connectivity index (χ0n) is 13.2. The Labute approximate surface area is 119 Å². The van der Waals surface area contributed by atoms with Crippen LogP contribution in [0.15, 0.2) is 0 Å². The lowest BCUT2D eigenvalue weighted by molar-refractivity contribution is -0.143. The van der Waals surface area contributed by atoms with E-state index >= 15 is 0 Å². The lowest BCUT2D eigenvalue weighted by atomic mass is 10.2. The molecule has 0 saturated carbocycles. The van der Waals surface area contributed by atoms with Crippen molar-refractivity contribution >= 4 is 5.97 Å². The van der Waals surface area contributed by atoms with Crippen molar-refractivity contribution in [2.24, 2.45) is 0 Å². The minimum absolute atomic E-state index is 0.0185. The highest BCUT2D eigenvalue weighted by atomic mass is 16.5. The summed E-state index contributed by atoms with van der Waals surface area (Å²) in [7, 11) is 0. The molecule has 0 heterocycles. The van der Waals surface area contributed by atoms with E-state index in [-0.39, 0.29) is 5.97 Å². The van der Waals surface area contributed by atoms with E-state index in [1.54, 1.807) is 0 Å². The average Bonchev–Trinajstić information content (AvgIpc) is 2.43. The van der Waals surface area contributed by atoms with Crippen LogP contribution < -0.4 is 0 Å². The fraction of sp³-hybridized carbons (Fsp3) is 0.938. The SMILES string of the molecule is CCCCCCCOC(=O)CCCCN(CC)CC. The summed E-state index contributed by atoms with van der Waals surface area (Å²) in [6.45, 7) is 10.5. The highest BCUT2D eigenvalue weighted by Gasteiger charge is 2.04. The maximum absolute atomic E-state index is 11.5. The molecule has 19 heavy (non-hydrogen) atoms. The van der Waals surface area contributed by atoms with E-state index in [4.69, 9.17) is 4.74 Å². The molecule has 0 atom stereocenters. The minimum Gasteiger partial charge on any atom is -0.466 e. The van der Waals surface area contributed by atoms with Gasteiger partial charge in [-0.1, -0.05) is 46.5 Å². The number of ether oxygens (including phenoxy) is 1. The van der Waals surface area contributed by atoms with Crippen LogP contribution >= 0.6 is 0 Å². The third kappa shape index (κ3) is 12.2. The second kappa shape index (κ2) is 13.9. The molecule has 0 fully saturated rings. The molecule has 0 radical (unpaired) electrons. The van der Waals surface area contributed by atoms with Gasteiger partial charge in [0.25, 0.3) is 0 Å². The topological polar surface area (TPSA) is 29.5 Å². The van der Waals surface area contributed by atoms with Crippen LogP contribution in [-0.4, -0.2) is 37.1 Å². The molecule has 0 aromatic carbocycles. The Balaban J connectivity index is 3.30. The number of carbonyl (C=O) groups is 1. The van der Waals surface area contributed by atoms with E-state index in [9.17, 15) is 4.79 Å². The lowest BCUT2D eigenvalue weighted by Crippen LogP contribution is -2.24. The molecule has 0 amide bonds. The van der Waals surface area contributed by atoms with Gasteiger partial charge in [-0.3, -0.25) is 4.79 Å². The van der Waals surface area contributed by atoms with E-state index in [1.165, 1.54) is 25.7 Å². The van der Waals surface area contributed by atoms with Crippen molar-refractivity contribution in [3.8, 4) is 0 Å². The van der Waals surface area contributed by atoms with Gasteiger partial charge in [-0.25, -0.2) is 0 Å². The summed E-state index contributed by atoms with van der Waals surface area (Å²) in [5.41, 5.74) is 0. The van der Waals surface area contributed by atoms with Gasteiger partial charge < -0.3 is 9.64 Å². The third-order valence-corrected chi connectivity index (χ3v) is 3.51. The van der Waals surface area contributed by atoms with Crippen LogP contribution in [0.5, 0.6) is 0 Å². The first-order valence-electron chi connectivity index (χ1n) is 8.12. The summed E-state index contributed by atoms with van der Waals surface area (Å²) in [5, 5.41) is 0. The van der Waals surface area contributed by atoms with Gasteiger partial charge in [0, 0.05) is 6.42 Å². The number of esters is 1. The van der Waals surface area contributed by atoms with E-state index in [0.29, 0.717) is 13.0 Å². The van der Waals surface area contributed by atoms with Gasteiger partial charge in [0.1, 0.15) is 0 Å². The van der Waals surface area contributed by atoms with Gasteiger partial charge in [0.15, 0.2) is 0 Å². The molecule has 0 aliphatic carbocycles. The van der Waals surface area contributed by atoms with Crippen molar-refractivity contribution in [2.45, 2.75) is 72.1 Å². The molecular formula is C16H33NO2. The predicted molar refractivity (Wildman–Crippen MR) is 81.4 cm³/mol. The second-order valence-corrected chi connectivity index (χ2v) is 5.12. The first kappa shape index (κ1) is 18.4. The molecule has 0 rings (SSSR count). The molecular weight excluding hydrogens is 238 g/mol. The zero-order valence-corrected chi connectivity index (χ0v) is 13.2. The Kier molecular flexibility index (Phi) is 13.4. The number of rotatable bonds is 13. The molecule has 0 aromatic rings. The van der Waals surface area contributed by atoms with Gasteiger partial charge in [0.05, 0.1) is 6.61 Å². The Morgan fingerprint density at radius 3 is 2.21 bits per heavy atom. The van der Waals surface area contributed by atoms with Gasteiger partial charge in [0.2, 0.25) is 0 Å². The second-order valence-electron chi connectivity index (χ2n) is 5.12. The first-order valence-corrected chi connectivity index (χ1v) is 8.12. The molecule has 0 aromatic heterocycles. The normalized spacial score (nSPS) is 10.9. The zero-order chi connectivity index (χ0) is 14.3. The van der Waals surface area contributed by atoms with Crippen LogP contribution in [0.2, 0.25) is 0 Å². The molecule has 0 bridgehead atoms. The maximum atomic E-state index is 11.5. The van der Waals surface area contributed by atoms with Crippen molar-refractivity contribution < 1.29 is 9.53 Å². The molecule has 114 valence electrons. The lowest BCUT2D eigenvalue weighted by Gasteiger charge is -2.17. The summed E-state index contributed by atoms with van der Waals surface area (Å²) < 4.78 is 5.23. The summed E-state index contributed by atoms with van der Waals surface area (Å²) in [6.07, 6.45) is 8.63. The minimum atomic E-state index is -0.0185. The monoisotopic (exact) mass is 271 g/mol. The van der Waals surface area contributed by atoms with E-state index < -0.39 is 0 Å². The van der Waals surface area contributed by atoms with Crippen LogP contribution in [0.25, 0.3) is 0 Å². The highest BCUT2D eigenvalue weighted by molar-refractivity contribution is 5.69. The highest BCUT2D eigenvalue weighted by Crippen LogP contribution is 2.04. The van der Waals surface area contributed by atoms with E-state index in [2.05, 4.69) is 25.7 Å². The number of hydrogen-bond acceptors (Lipinski definition) is 3. The van der Waals surface area contributed by atoms with Gasteiger partial charge in [-0.2, -0.15) is 0 Å². The van der Waals surface area contributed by atoms with Crippen molar-refractivity contribution in [1.82, 2.24) is 4.90 Å². The summed E-state index contributed by atoms with van der Waals surface area (Å²) in [4.78, 5) is 13.9. The Hall–Kier alpha value is -0.570. The van der Waals surface area contributed by atoms with Crippen molar-refractivity contribution in [3.05, 3.63) is 0 Å². The number of hydrogen-bond donors (Lipinski definition) is 0.